The topological polar surface area (TPSA) is 89.3 Å². The fourth-order valence-corrected chi connectivity index (χ4v) is 5.47. The van der Waals surface area contributed by atoms with E-state index in [-0.39, 0.29) is 34.7 Å². The molecular formula is C26H28N2O4. The minimum absolute atomic E-state index is 0.0119. The molecule has 2 aliphatic rings. The summed E-state index contributed by atoms with van der Waals surface area (Å²) < 4.78 is 5.05. The van der Waals surface area contributed by atoms with Crippen LogP contribution in [0.4, 0.5) is 0 Å². The molecule has 2 fully saturated rings. The summed E-state index contributed by atoms with van der Waals surface area (Å²) in [6, 6.07) is 3.94. The Morgan fingerprint density at radius 3 is 2.28 bits per heavy atom. The van der Waals surface area contributed by atoms with Gasteiger partial charge in [-0.2, -0.15) is 0 Å². The van der Waals surface area contributed by atoms with E-state index in [1.54, 1.807) is 6.92 Å². The molecule has 1 N–H and O–H groups in total. The van der Waals surface area contributed by atoms with E-state index in [2.05, 4.69) is 22.1 Å². The Kier molecular flexibility index (Phi) is 6.01. The second kappa shape index (κ2) is 8.74. The molecule has 0 aliphatic heterocycles. The Hall–Kier alpha value is -3.20. The normalized spacial score (nSPS) is 25.3. The van der Waals surface area contributed by atoms with Gasteiger partial charge in [-0.3, -0.25) is 14.4 Å². The van der Waals surface area contributed by atoms with Crippen LogP contribution in [0, 0.1) is 31.1 Å². The number of ketones is 2. The molecule has 2 saturated carbocycles. The van der Waals surface area contributed by atoms with Crippen LogP contribution in [0.5, 0.6) is 0 Å². The molecule has 1 spiro atoms. The number of hydrogen-bond donors (Lipinski definition) is 1. The number of Topliss-reactive ketones (excluding diaryl/α,β-unsaturated/α-hetero) is 2. The first-order valence-electron chi connectivity index (χ1n) is 11.1. The van der Waals surface area contributed by atoms with Crippen molar-refractivity contribution in [2.75, 3.05) is 0 Å². The number of aryl methyl sites for hydroxylation is 2. The molecule has 0 radical (unpaired) electrons. The zero-order chi connectivity index (χ0) is 22.9. The second-order valence-electron chi connectivity index (χ2n) is 9.23. The number of rotatable bonds is 3. The summed E-state index contributed by atoms with van der Waals surface area (Å²) in [5, 5.41) is 2.98. The maximum atomic E-state index is 13.3. The second-order valence-corrected chi connectivity index (χ2v) is 9.23. The van der Waals surface area contributed by atoms with Crippen LogP contribution in [0.3, 0.4) is 0 Å². The van der Waals surface area contributed by atoms with E-state index in [0.717, 1.165) is 47.9 Å². The number of amides is 1. The van der Waals surface area contributed by atoms with Crippen molar-refractivity contribution in [2.24, 2.45) is 5.41 Å². The van der Waals surface area contributed by atoms with Crippen LogP contribution in [0.25, 0.3) is 0 Å². The van der Waals surface area contributed by atoms with Gasteiger partial charge in [-0.15, -0.1) is 5.92 Å². The zero-order valence-corrected chi connectivity index (χ0v) is 18.8. The third-order valence-electron chi connectivity index (χ3n) is 6.93. The molecule has 0 bridgehead atoms. The van der Waals surface area contributed by atoms with Crippen LogP contribution in [0.15, 0.2) is 29.1 Å². The highest BCUT2D eigenvalue weighted by Crippen LogP contribution is 2.49. The SMILES string of the molecule is CC#Cc1cc(C)c(C2C(=O)CC3(CCC(NC(=O)c4cnco4)CC3)CC2=O)c(C)c1. The molecule has 4 rings (SSSR count). The molecule has 166 valence electrons. The van der Waals surface area contributed by atoms with Gasteiger partial charge in [-0.25, -0.2) is 4.98 Å². The Morgan fingerprint density at radius 1 is 1.12 bits per heavy atom. The summed E-state index contributed by atoms with van der Waals surface area (Å²) >= 11 is 0. The van der Waals surface area contributed by atoms with Gasteiger partial charge >= 0.3 is 0 Å². The van der Waals surface area contributed by atoms with Gasteiger partial charge in [0.05, 0.1) is 6.20 Å². The van der Waals surface area contributed by atoms with Crippen molar-refractivity contribution in [1.82, 2.24) is 10.3 Å². The zero-order valence-electron chi connectivity index (χ0n) is 18.8. The maximum Gasteiger partial charge on any atom is 0.288 e. The molecular weight excluding hydrogens is 404 g/mol. The van der Waals surface area contributed by atoms with Gasteiger partial charge in [-0.1, -0.05) is 5.92 Å². The molecule has 32 heavy (non-hydrogen) atoms. The fraction of sp³-hybridized carbons (Fsp3) is 0.462. The lowest BCUT2D eigenvalue weighted by atomic mass is 9.60. The molecule has 6 nitrogen and oxygen atoms in total. The first-order valence-corrected chi connectivity index (χ1v) is 11.1. The van der Waals surface area contributed by atoms with Gasteiger partial charge in [0.15, 0.2) is 6.39 Å². The van der Waals surface area contributed by atoms with Crippen LogP contribution in [0.1, 0.15) is 84.2 Å². The summed E-state index contributed by atoms with van der Waals surface area (Å²) in [7, 11) is 0. The smallest absolute Gasteiger partial charge is 0.288 e. The van der Waals surface area contributed by atoms with Crippen molar-refractivity contribution in [1.29, 1.82) is 0 Å². The minimum atomic E-state index is -0.673. The lowest BCUT2D eigenvalue weighted by Crippen LogP contribution is -2.45. The average Bonchev–Trinajstić information content (AvgIpc) is 3.27. The standard InChI is InChI=1S/C26H28N2O4/c1-4-5-18-10-16(2)23(17(3)11-18)24-20(29)12-26(13-21(24)30)8-6-19(7-9-26)28-25(31)22-14-27-15-32-22/h10-11,14-15,19,24H,6-9,12-13H2,1-3H3,(H,28,31). The Labute approximate surface area is 188 Å². The summed E-state index contributed by atoms with van der Waals surface area (Å²) in [6.07, 6.45) is 6.45. The van der Waals surface area contributed by atoms with Crippen molar-refractivity contribution in [3.63, 3.8) is 0 Å². The number of aromatic nitrogens is 1. The van der Waals surface area contributed by atoms with Crippen LogP contribution < -0.4 is 5.32 Å². The third kappa shape index (κ3) is 4.25. The molecule has 2 aliphatic carbocycles. The fourth-order valence-electron chi connectivity index (χ4n) is 5.47. The highest BCUT2D eigenvalue weighted by Gasteiger charge is 2.47. The predicted molar refractivity (Wildman–Crippen MR) is 119 cm³/mol. The number of benzene rings is 1. The Balaban J connectivity index is 1.45. The predicted octanol–water partition coefficient (Wildman–Crippen LogP) is 4.04. The molecule has 1 aromatic carbocycles. The van der Waals surface area contributed by atoms with Gasteiger partial charge < -0.3 is 9.73 Å². The largest absolute Gasteiger partial charge is 0.438 e. The lowest BCUT2D eigenvalue weighted by Gasteiger charge is -2.43. The van der Waals surface area contributed by atoms with Crippen molar-refractivity contribution in [3.05, 3.63) is 52.7 Å². The molecule has 0 atom stereocenters. The Bertz CT molecular complexity index is 1070. The maximum absolute atomic E-state index is 13.3. The van der Waals surface area contributed by atoms with Crippen molar-refractivity contribution < 1.29 is 18.8 Å². The number of oxazole rings is 1. The van der Waals surface area contributed by atoms with E-state index >= 15 is 0 Å². The number of carbonyl (C=O) groups excluding carboxylic acids is 3. The quantitative estimate of drug-likeness (QED) is 0.584. The summed E-state index contributed by atoms with van der Waals surface area (Å²) in [5.74, 6) is 5.24. The first-order chi connectivity index (χ1) is 15.3. The Morgan fingerprint density at radius 2 is 1.75 bits per heavy atom. The minimum Gasteiger partial charge on any atom is -0.438 e. The van der Waals surface area contributed by atoms with E-state index in [9.17, 15) is 14.4 Å². The molecule has 1 heterocycles. The molecule has 1 aromatic heterocycles. The highest BCUT2D eigenvalue weighted by atomic mass is 16.3. The van der Waals surface area contributed by atoms with Gasteiger partial charge in [0.25, 0.3) is 5.91 Å². The molecule has 2 aromatic rings. The molecule has 1 amide bonds. The molecule has 0 unspecified atom stereocenters. The van der Waals surface area contributed by atoms with Crippen molar-refractivity contribution in [2.45, 2.75) is 71.3 Å². The van der Waals surface area contributed by atoms with Gasteiger partial charge in [0, 0.05) is 24.4 Å². The monoisotopic (exact) mass is 432 g/mol. The first kappa shape index (κ1) is 22.0. The van der Waals surface area contributed by atoms with Crippen LogP contribution in [-0.2, 0) is 9.59 Å². The molecule has 0 saturated heterocycles. The van der Waals surface area contributed by atoms with Crippen molar-refractivity contribution >= 4 is 17.5 Å². The van der Waals surface area contributed by atoms with Crippen LogP contribution in [0.2, 0.25) is 0 Å². The summed E-state index contributed by atoms with van der Waals surface area (Å²) in [6.45, 7) is 5.70. The van der Waals surface area contributed by atoms with E-state index in [0.29, 0.717) is 12.8 Å². The van der Waals surface area contributed by atoms with Gasteiger partial charge in [-0.05, 0) is 80.7 Å². The van der Waals surface area contributed by atoms with Crippen LogP contribution in [-0.4, -0.2) is 28.5 Å². The van der Waals surface area contributed by atoms with Crippen molar-refractivity contribution in [3.8, 4) is 11.8 Å². The van der Waals surface area contributed by atoms with Gasteiger partial charge in [0.1, 0.15) is 17.5 Å². The van der Waals surface area contributed by atoms with E-state index in [1.807, 2.05) is 26.0 Å². The van der Waals surface area contributed by atoms with Crippen LogP contribution >= 0.6 is 0 Å². The molecule has 6 heteroatoms. The summed E-state index contributed by atoms with van der Waals surface area (Å²) in [4.78, 5) is 42.5. The van der Waals surface area contributed by atoms with Gasteiger partial charge in [0.2, 0.25) is 5.76 Å². The highest BCUT2D eigenvalue weighted by molar-refractivity contribution is 6.10. The average molecular weight is 433 g/mol. The van der Waals surface area contributed by atoms with E-state index in [4.69, 9.17) is 4.42 Å². The van der Waals surface area contributed by atoms with E-state index < -0.39 is 5.92 Å². The number of carbonyl (C=O) groups is 3. The number of nitrogens with one attached hydrogen (secondary N) is 1. The lowest BCUT2D eigenvalue weighted by molar-refractivity contribution is -0.138. The number of hydrogen-bond acceptors (Lipinski definition) is 5. The summed E-state index contributed by atoms with van der Waals surface area (Å²) in [5.41, 5.74) is 3.37. The number of nitrogens with zero attached hydrogens (tertiary/aromatic N) is 1. The third-order valence-corrected chi connectivity index (χ3v) is 6.93. The van der Waals surface area contributed by atoms with E-state index in [1.165, 1.54) is 12.6 Å².